The van der Waals surface area contributed by atoms with Crippen molar-refractivity contribution in [3.8, 4) is 0 Å². The van der Waals surface area contributed by atoms with Crippen molar-refractivity contribution in [2.24, 2.45) is 0 Å². The molecule has 1 saturated heterocycles. The average molecular weight is 355 g/mol. The summed E-state index contributed by atoms with van der Waals surface area (Å²) in [5.74, 6) is 0.0704. The van der Waals surface area contributed by atoms with Crippen molar-refractivity contribution in [2.75, 3.05) is 11.4 Å². The number of thiol groups is 1. The first-order valence-corrected chi connectivity index (χ1v) is 6.34. The Labute approximate surface area is 112 Å². The zero-order chi connectivity index (χ0) is 11.0. The van der Waals surface area contributed by atoms with Crippen LogP contribution in [0.15, 0.2) is 12.4 Å². The van der Waals surface area contributed by atoms with Crippen molar-refractivity contribution in [2.45, 2.75) is 11.7 Å². The Bertz CT molecular complexity index is 395. The predicted molar refractivity (Wildman–Crippen MR) is 71.7 cm³/mol. The van der Waals surface area contributed by atoms with Crippen LogP contribution < -0.4 is 4.90 Å². The largest absolute Gasteiger partial charge is 0.309 e. The Hall–Kier alpha value is -0.0100. The fourth-order valence-corrected chi connectivity index (χ4v) is 3.05. The monoisotopic (exact) mass is 354 g/mol. The van der Waals surface area contributed by atoms with Crippen molar-refractivity contribution >= 4 is 58.4 Å². The maximum absolute atomic E-state index is 11.7. The van der Waals surface area contributed by atoms with Crippen LogP contribution in [0.3, 0.4) is 0 Å². The number of pyridine rings is 1. The zero-order valence-electron chi connectivity index (χ0n) is 7.65. The number of hydrogen-bond donors (Lipinski definition) is 1. The normalized spacial score (nSPS) is 21.1. The smallest absolute Gasteiger partial charge is 0.228 e. The summed E-state index contributed by atoms with van der Waals surface area (Å²) in [6, 6.07) is 0. The minimum atomic E-state index is 0.0704. The molecule has 0 spiro atoms. The van der Waals surface area contributed by atoms with Gasteiger partial charge in [0, 0.05) is 30.6 Å². The summed E-state index contributed by atoms with van der Waals surface area (Å²) in [6.45, 7) is 0.613. The second-order valence-corrected chi connectivity index (χ2v) is 5.61. The molecule has 0 aromatic carbocycles. The molecule has 1 amide bonds. The van der Waals surface area contributed by atoms with E-state index >= 15 is 0 Å². The van der Waals surface area contributed by atoms with E-state index in [-0.39, 0.29) is 11.2 Å². The van der Waals surface area contributed by atoms with E-state index in [9.17, 15) is 4.79 Å². The van der Waals surface area contributed by atoms with Crippen LogP contribution in [0.1, 0.15) is 6.42 Å². The first-order chi connectivity index (χ1) is 7.09. The molecule has 0 bridgehead atoms. The maximum atomic E-state index is 11.7. The van der Waals surface area contributed by atoms with Gasteiger partial charge in [0.05, 0.1) is 14.3 Å². The third-order valence-electron chi connectivity index (χ3n) is 2.20. The Balaban J connectivity index is 2.41. The maximum Gasteiger partial charge on any atom is 0.228 e. The third-order valence-corrected chi connectivity index (χ3v) is 3.61. The molecule has 1 atom stereocenters. The first-order valence-electron chi connectivity index (χ1n) is 4.37. The minimum Gasteiger partial charge on any atom is -0.309 e. The van der Waals surface area contributed by atoms with E-state index in [0.717, 1.165) is 9.26 Å². The Morgan fingerprint density at radius 2 is 2.33 bits per heavy atom. The summed E-state index contributed by atoms with van der Waals surface area (Å²) in [4.78, 5) is 17.3. The van der Waals surface area contributed by atoms with E-state index in [1.807, 2.05) is 0 Å². The van der Waals surface area contributed by atoms with Gasteiger partial charge in [-0.2, -0.15) is 12.6 Å². The number of carbonyl (C=O) groups is 1. The highest BCUT2D eigenvalue weighted by atomic mass is 127. The summed E-state index contributed by atoms with van der Waals surface area (Å²) in [5.41, 5.74) is 0.758. The quantitative estimate of drug-likeness (QED) is 0.620. The number of amides is 1. The highest BCUT2D eigenvalue weighted by Crippen LogP contribution is 2.33. The molecule has 2 heterocycles. The summed E-state index contributed by atoms with van der Waals surface area (Å²) in [7, 11) is 0. The molecule has 0 saturated carbocycles. The predicted octanol–water partition coefficient (Wildman–Crippen LogP) is 2.37. The molecule has 0 N–H and O–H groups in total. The van der Waals surface area contributed by atoms with Crippen LogP contribution in [0.25, 0.3) is 0 Å². The van der Waals surface area contributed by atoms with E-state index in [4.69, 9.17) is 11.6 Å². The lowest BCUT2D eigenvalue weighted by Crippen LogP contribution is -2.25. The number of rotatable bonds is 1. The van der Waals surface area contributed by atoms with E-state index in [1.165, 1.54) is 0 Å². The van der Waals surface area contributed by atoms with Crippen molar-refractivity contribution in [3.63, 3.8) is 0 Å². The molecule has 1 aliphatic heterocycles. The van der Waals surface area contributed by atoms with E-state index in [0.29, 0.717) is 18.0 Å². The molecule has 80 valence electrons. The van der Waals surface area contributed by atoms with Crippen molar-refractivity contribution in [1.29, 1.82) is 0 Å². The minimum absolute atomic E-state index is 0.0704. The highest BCUT2D eigenvalue weighted by molar-refractivity contribution is 14.1. The number of hydrogen-bond acceptors (Lipinski definition) is 3. The highest BCUT2D eigenvalue weighted by Gasteiger charge is 2.30. The first kappa shape index (κ1) is 11.5. The summed E-state index contributed by atoms with van der Waals surface area (Å²) in [6.07, 6.45) is 3.72. The van der Waals surface area contributed by atoms with Crippen molar-refractivity contribution in [3.05, 3.63) is 21.0 Å². The molecule has 0 radical (unpaired) electrons. The summed E-state index contributed by atoms with van der Waals surface area (Å²) >= 11 is 12.5. The molecule has 1 aliphatic rings. The summed E-state index contributed by atoms with van der Waals surface area (Å²) in [5, 5.41) is 0.607. The molecular formula is C9H8ClIN2OS. The van der Waals surface area contributed by atoms with Gasteiger partial charge in [-0.25, -0.2) is 0 Å². The van der Waals surface area contributed by atoms with E-state index < -0.39 is 0 Å². The number of carbonyl (C=O) groups excluding carboxylic acids is 1. The van der Waals surface area contributed by atoms with Gasteiger partial charge in [-0.05, 0) is 22.6 Å². The standard InChI is InChI=1S/C9H8ClIN2OS/c10-6-2-12-3-7(11)9(6)13-4-5(15)1-8(13)14/h2-3,5,15H,1,4H2. The molecule has 1 unspecified atom stereocenters. The molecule has 0 aliphatic carbocycles. The van der Waals surface area contributed by atoms with Gasteiger partial charge >= 0.3 is 0 Å². The third kappa shape index (κ3) is 2.24. The Morgan fingerprint density at radius 1 is 1.60 bits per heavy atom. The van der Waals surface area contributed by atoms with E-state index in [1.54, 1.807) is 17.3 Å². The molecule has 6 heteroatoms. The van der Waals surface area contributed by atoms with Gasteiger partial charge in [-0.1, -0.05) is 11.6 Å². The van der Waals surface area contributed by atoms with Crippen LogP contribution in [0.4, 0.5) is 5.69 Å². The second kappa shape index (κ2) is 4.47. The van der Waals surface area contributed by atoms with Crippen LogP contribution in [0.5, 0.6) is 0 Å². The topological polar surface area (TPSA) is 33.2 Å². The number of halogens is 2. The lowest BCUT2D eigenvalue weighted by atomic mass is 10.3. The van der Waals surface area contributed by atoms with Crippen molar-refractivity contribution in [1.82, 2.24) is 4.98 Å². The van der Waals surface area contributed by atoms with Crippen LogP contribution in [0.2, 0.25) is 5.02 Å². The molecule has 1 aromatic heterocycles. The Kier molecular flexibility index (Phi) is 3.42. The van der Waals surface area contributed by atoms with Gasteiger partial charge in [0.15, 0.2) is 0 Å². The van der Waals surface area contributed by atoms with Gasteiger partial charge in [0.1, 0.15) is 0 Å². The van der Waals surface area contributed by atoms with Gasteiger partial charge in [-0.3, -0.25) is 9.78 Å². The number of aromatic nitrogens is 1. The van der Waals surface area contributed by atoms with E-state index in [2.05, 4.69) is 40.2 Å². The van der Waals surface area contributed by atoms with Gasteiger partial charge in [0.2, 0.25) is 5.91 Å². The van der Waals surface area contributed by atoms with Crippen molar-refractivity contribution < 1.29 is 4.79 Å². The van der Waals surface area contributed by atoms with Crippen LogP contribution in [0, 0.1) is 3.57 Å². The van der Waals surface area contributed by atoms with Gasteiger partial charge < -0.3 is 4.90 Å². The molecule has 2 rings (SSSR count). The lowest BCUT2D eigenvalue weighted by molar-refractivity contribution is -0.117. The zero-order valence-corrected chi connectivity index (χ0v) is 11.5. The number of anilines is 1. The second-order valence-electron chi connectivity index (χ2n) is 3.31. The number of nitrogens with zero attached hydrogens (tertiary/aromatic N) is 2. The average Bonchev–Trinajstić information content (AvgIpc) is 2.45. The summed E-state index contributed by atoms with van der Waals surface area (Å²) < 4.78 is 0.885. The van der Waals surface area contributed by atoms with Crippen LogP contribution in [-0.4, -0.2) is 22.7 Å². The molecule has 1 aromatic rings. The lowest BCUT2D eigenvalue weighted by Gasteiger charge is -2.18. The molecule has 1 fully saturated rings. The fraction of sp³-hybridized carbons (Fsp3) is 0.333. The van der Waals surface area contributed by atoms with Gasteiger partial charge in [-0.15, -0.1) is 0 Å². The molecular weight excluding hydrogens is 347 g/mol. The van der Waals surface area contributed by atoms with Crippen LogP contribution >= 0.6 is 46.8 Å². The SMILES string of the molecule is O=C1CC(S)CN1c1c(Cl)cncc1I. The van der Waals surface area contributed by atoms with Crippen LogP contribution in [-0.2, 0) is 4.79 Å². The fourth-order valence-electron chi connectivity index (χ4n) is 1.57. The van der Waals surface area contributed by atoms with Gasteiger partial charge in [0.25, 0.3) is 0 Å². The Morgan fingerprint density at radius 3 is 2.87 bits per heavy atom. The molecule has 15 heavy (non-hydrogen) atoms. The molecule has 3 nitrogen and oxygen atoms in total.